The fourth-order valence-electron chi connectivity index (χ4n) is 4.33. The zero-order valence-corrected chi connectivity index (χ0v) is 18.6. The quantitative estimate of drug-likeness (QED) is 0.522. The molecule has 1 fully saturated rings. The number of carbonyl (C=O) groups is 1. The third-order valence-corrected chi connectivity index (χ3v) is 6.95. The van der Waals surface area contributed by atoms with Gasteiger partial charge in [-0.2, -0.15) is 0 Å². The summed E-state index contributed by atoms with van der Waals surface area (Å²) in [5.74, 6) is 1.46. The predicted octanol–water partition coefficient (Wildman–Crippen LogP) is 6.33. The summed E-state index contributed by atoms with van der Waals surface area (Å²) >= 11 is 6.35. The monoisotopic (exact) mass is 433 g/mol. The molecular weight excluding hydrogens is 410 g/mol. The van der Waals surface area contributed by atoms with Crippen LogP contribution in [0.1, 0.15) is 35.1 Å². The van der Waals surface area contributed by atoms with Gasteiger partial charge in [-0.3, -0.25) is 4.79 Å². The maximum atomic E-state index is 13.3. The molecule has 1 amide bonds. The lowest BCUT2D eigenvalue weighted by Gasteiger charge is -2.18. The molecule has 1 aliphatic heterocycles. The molecule has 0 unspecified atom stereocenters. The molecule has 1 heterocycles. The summed E-state index contributed by atoms with van der Waals surface area (Å²) in [5.41, 5.74) is 6.71. The summed E-state index contributed by atoms with van der Waals surface area (Å²) in [6, 6.07) is 16.0. The first-order valence-corrected chi connectivity index (χ1v) is 10.8. The molecule has 0 atom stereocenters. The van der Waals surface area contributed by atoms with Crippen LogP contribution < -0.4 is 14.8 Å². The van der Waals surface area contributed by atoms with Gasteiger partial charge in [0.1, 0.15) is 0 Å². The molecule has 158 valence electrons. The van der Waals surface area contributed by atoms with Crippen molar-refractivity contribution in [3.63, 3.8) is 0 Å². The van der Waals surface area contributed by atoms with Crippen LogP contribution in [0.3, 0.4) is 0 Å². The molecule has 4 nitrogen and oxygen atoms in total. The molecule has 1 saturated carbocycles. The molecule has 31 heavy (non-hydrogen) atoms. The van der Waals surface area contributed by atoms with E-state index in [0.29, 0.717) is 5.75 Å². The number of anilines is 1. The molecule has 0 aromatic heterocycles. The number of amides is 1. The Kier molecular flexibility index (Phi) is 4.71. The van der Waals surface area contributed by atoms with E-state index in [-0.39, 0.29) is 12.7 Å². The van der Waals surface area contributed by atoms with Crippen molar-refractivity contribution in [3.05, 3.63) is 75.8 Å². The molecule has 5 rings (SSSR count). The van der Waals surface area contributed by atoms with E-state index in [9.17, 15) is 4.79 Å². The fourth-order valence-corrected chi connectivity index (χ4v) is 4.44. The first-order valence-electron chi connectivity index (χ1n) is 10.5. The highest BCUT2D eigenvalue weighted by Gasteiger charge is 2.51. The van der Waals surface area contributed by atoms with Crippen LogP contribution in [0, 0.1) is 20.8 Å². The summed E-state index contributed by atoms with van der Waals surface area (Å²) in [7, 11) is 0. The number of aryl methyl sites for hydroxylation is 3. The van der Waals surface area contributed by atoms with Crippen LogP contribution >= 0.6 is 11.6 Å². The Balaban J connectivity index is 1.43. The van der Waals surface area contributed by atoms with Crippen molar-refractivity contribution in [1.29, 1.82) is 0 Å². The lowest BCUT2D eigenvalue weighted by molar-refractivity contribution is -0.118. The van der Waals surface area contributed by atoms with Crippen LogP contribution in [-0.2, 0) is 10.2 Å². The first kappa shape index (κ1) is 20.0. The van der Waals surface area contributed by atoms with Gasteiger partial charge in [0.15, 0.2) is 11.5 Å². The van der Waals surface area contributed by atoms with E-state index in [2.05, 4.69) is 24.4 Å². The summed E-state index contributed by atoms with van der Waals surface area (Å²) in [6.07, 6.45) is 1.65. The Morgan fingerprint density at radius 3 is 2.32 bits per heavy atom. The number of nitrogens with one attached hydrogen (secondary N) is 1. The van der Waals surface area contributed by atoms with Crippen LogP contribution in [0.4, 0.5) is 5.69 Å². The van der Waals surface area contributed by atoms with Gasteiger partial charge in [-0.25, -0.2) is 0 Å². The van der Waals surface area contributed by atoms with Gasteiger partial charge in [0.25, 0.3) is 0 Å². The second kappa shape index (κ2) is 7.31. The van der Waals surface area contributed by atoms with Gasteiger partial charge in [-0.15, -0.1) is 0 Å². The Morgan fingerprint density at radius 1 is 0.903 bits per heavy atom. The Bertz CT molecular complexity index is 1190. The minimum absolute atomic E-state index is 0.0182. The Hall–Kier alpha value is -2.98. The molecule has 5 heteroatoms. The molecule has 3 aromatic carbocycles. The number of rotatable bonds is 4. The minimum Gasteiger partial charge on any atom is -0.454 e. The van der Waals surface area contributed by atoms with E-state index in [1.165, 1.54) is 0 Å². The van der Waals surface area contributed by atoms with Gasteiger partial charge in [0.05, 0.1) is 5.41 Å². The zero-order chi connectivity index (χ0) is 21.8. The van der Waals surface area contributed by atoms with Crippen molar-refractivity contribution < 1.29 is 14.3 Å². The van der Waals surface area contributed by atoms with Gasteiger partial charge in [-0.1, -0.05) is 23.7 Å². The van der Waals surface area contributed by atoms with E-state index >= 15 is 0 Å². The van der Waals surface area contributed by atoms with E-state index in [1.54, 1.807) is 0 Å². The second-order valence-corrected chi connectivity index (χ2v) is 8.94. The molecule has 2 aliphatic rings. The highest BCUT2D eigenvalue weighted by atomic mass is 35.5. The van der Waals surface area contributed by atoms with Crippen molar-refractivity contribution in [3.8, 4) is 22.6 Å². The largest absolute Gasteiger partial charge is 0.454 e. The summed E-state index contributed by atoms with van der Waals surface area (Å²) in [4.78, 5) is 13.3. The number of carbonyl (C=O) groups excluding carboxylic acids is 1. The lowest BCUT2D eigenvalue weighted by Crippen LogP contribution is -2.27. The highest BCUT2D eigenvalue weighted by molar-refractivity contribution is 6.32. The van der Waals surface area contributed by atoms with Gasteiger partial charge >= 0.3 is 0 Å². The van der Waals surface area contributed by atoms with Crippen LogP contribution in [0.2, 0.25) is 5.02 Å². The van der Waals surface area contributed by atoms with Gasteiger partial charge in [0.2, 0.25) is 12.7 Å². The average molecular weight is 434 g/mol. The van der Waals surface area contributed by atoms with E-state index in [1.807, 2.05) is 50.2 Å². The van der Waals surface area contributed by atoms with Crippen molar-refractivity contribution in [2.24, 2.45) is 0 Å². The molecule has 0 saturated heterocycles. The average Bonchev–Trinajstić information content (AvgIpc) is 3.44. The number of hydrogen-bond acceptors (Lipinski definition) is 3. The number of ether oxygens (including phenoxy) is 2. The topological polar surface area (TPSA) is 47.6 Å². The third kappa shape index (κ3) is 3.45. The number of benzene rings is 3. The SMILES string of the molecule is Cc1ccc(NC(=O)C2(c3ccc4c(c3)OCO4)CC2)cc1-c1cc(C)c(Cl)c(C)c1. The maximum absolute atomic E-state index is 13.3. The molecule has 3 aromatic rings. The summed E-state index contributed by atoms with van der Waals surface area (Å²) < 4.78 is 10.9. The molecule has 0 radical (unpaired) electrons. The normalized spacial score (nSPS) is 15.6. The Labute approximate surface area is 187 Å². The molecule has 1 N–H and O–H groups in total. The first-order chi connectivity index (χ1) is 14.9. The molecular formula is C26H24ClNO3. The Morgan fingerprint density at radius 2 is 1.61 bits per heavy atom. The maximum Gasteiger partial charge on any atom is 0.235 e. The smallest absolute Gasteiger partial charge is 0.235 e. The van der Waals surface area contributed by atoms with Crippen molar-refractivity contribution >= 4 is 23.2 Å². The third-order valence-electron chi connectivity index (χ3n) is 6.35. The van der Waals surface area contributed by atoms with Gasteiger partial charge in [-0.05, 0) is 103 Å². The summed E-state index contributed by atoms with van der Waals surface area (Å²) in [5, 5.41) is 3.95. The zero-order valence-electron chi connectivity index (χ0n) is 17.8. The fraction of sp³-hybridized carbons (Fsp3) is 0.269. The second-order valence-electron chi connectivity index (χ2n) is 8.56. The number of halogens is 1. The molecule has 1 aliphatic carbocycles. The number of hydrogen-bond donors (Lipinski definition) is 1. The molecule has 0 spiro atoms. The predicted molar refractivity (Wildman–Crippen MR) is 123 cm³/mol. The van der Waals surface area contributed by atoms with Crippen LogP contribution in [0.15, 0.2) is 48.5 Å². The standard InChI is InChI=1S/C26H24ClNO3/c1-15-4-6-20(13-21(15)18-10-16(2)24(27)17(3)11-18)28-25(29)26(8-9-26)19-5-7-22-23(12-19)31-14-30-22/h4-7,10-13H,8-9,14H2,1-3H3,(H,28,29). The van der Waals surface area contributed by atoms with E-state index in [4.69, 9.17) is 21.1 Å². The van der Waals surface area contributed by atoms with E-state index in [0.717, 1.165) is 62.7 Å². The minimum atomic E-state index is -0.501. The van der Waals surface area contributed by atoms with Gasteiger partial charge < -0.3 is 14.8 Å². The van der Waals surface area contributed by atoms with Crippen molar-refractivity contribution in [1.82, 2.24) is 0 Å². The van der Waals surface area contributed by atoms with Crippen molar-refractivity contribution in [2.75, 3.05) is 12.1 Å². The molecule has 0 bridgehead atoms. The van der Waals surface area contributed by atoms with Crippen LogP contribution in [-0.4, -0.2) is 12.7 Å². The lowest BCUT2D eigenvalue weighted by atomic mass is 9.93. The van der Waals surface area contributed by atoms with Crippen LogP contribution in [0.5, 0.6) is 11.5 Å². The van der Waals surface area contributed by atoms with Gasteiger partial charge in [0, 0.05) is 10.7 Å². The highest BCUT2D eigenvalue weighted by Crippen LogP contribution is 2.51. The summed E-state index contributed by atoms with van der Waals surface area (Å²) in [6.45, 7) is 6.34. The van der Waals surface area contributed by atoms with Crippen LogP contribution in [0.25, 0.3) is 11.1 Å². The van der Waals surface area contributed by atoms with Crippen molar-refractivity contribution in [2.45, 2.75) is 39.0 Å². The number of fused-ring (bicyclic) bond motifs is 1. The van der Waals surface area contributed by atoms with E-state index < -0.39 is 5.41 Å².